The van der Waals surface area contributed by atoms with Crippen LogP contribution >= 0.6 is 0 Å². The Morgan fingerprint density at radius 1 is 1.32 bits per heavy atom. The molecule has 0 aromatic heterocycles. The van der Waals surface area contributed by atoms with Crippen molar-refractivity contribution in [2.45, 2.75) is 25.4 Å². The van der Waals surface area contributed by atoms with Gasteiger partial charge in [0.1, 0.15) is 0 Å². The van der Waals surface area contributed by atoms with Gasteiger partial charge in [-0.1, -0.05) is 25.1 Å². The van der Waals surface area contributed by atoms with Gasteiger partial charge in [-0.3, -0.25) is 9.59 Å². The molecular formula is C15H15F3N2O2. The van der Waals surface area contributed by atoms with Gasteiger partial charge in [-0.15, -0.1) is 0 Å². The molecule has 0 fully saturated rings. The third-order valence-electron chi connectivity index (χ3n) is 3.26. The van der Waals surface area contributed by atoms with Gasteiger partial charge in [-0.25, -0.2) is 0 Å². The van der Waals surface area contributed by atoms with E-state index in [2.05, 4.69) is 5.32 Å². The van der Waals surface area contributed by atoms with Crippen LogP contribution in [-0.2, 0) is 15.8 Å². The molecular weight excluding hydrogens is 297 g/mol. The molecule has 4 nitrogen and oxygen atoms in total. The number of carbonyl (C=O) groups excluding carboxylic acids is 2. The molecule has 0 saturated heterocycles. The summed E-state index contributed by atoms with van der Waals surface area (Å²) in [5, 5.41) is 11.0. The predicted molar refractivity (Wildman–Crippen MR) is 72.7 cm³/mol. The maximum absolute atomic E-state index is 13.0. The summed E-state index contributed by atoms with van der Waals surface area (Å²) in [6.07, 6.45) is -4.85. The molecule has 118 valence electrons. The number of rotatable bonds is 5. The lowest BCUT2D eigenvalue weighted by Crippen LogP contribution is -2.32. The fourth-order valence-corrected chi connectivity index (χ4v) is 2.14. The minimum Gasteiger partial charge on any atom is -0.358 e. The molecule has 0 bridgehead atoms. The van der Waals surface area contributed by atoms with Crippen molar-refractivity contribution in [1.82, 2.24) is 5.32 Å². The minimum atomic E-state index is -4.52. The number of halogens is 3. The Labute approximate surface area is 125 Å². The van der Waals surface area contributed by atoms with E-state index in [1.54, 1.807) is 6.07 Å². The Morgan fingerprint density at radius 3 is 2.41 bits per heavy atom. The Bertz CT molecular complexity index is 606. The lowest BCUT2D eigenvalue weighted by atomic mass is 9.88. The third-order valence-corrected chi connectivity index (χ3v) is 3.26. The number of ketones is 1. The Hall–Kier alpha value is -2.36. The van der Waals surface area contributed by atoms with E-state index in [4.69, 9.17) is 5.26 Å². The number of amides is 1. The van der Waals surface area contributed by atoms with Crippen molar-refractivity contribution in [2.75, 3.05) is 7.05 Å². The van der Waals surface area contributed by atoms with Crippen LogP contribution in [-0.4, -0.2) is 18.7 Å². The lowest BCUT2D eigenvalue weighted by Gasteiger charge is -2.18. The topological polar surface area (TPSA) is 70.0 Å². The van der Waals surface area contributed by atoms with Crippen LogP contribution in [0.2, 0.25) is 0 Å². The smallest absolute Gasteiger partial charge is 0.358 e. The van der Waals surface area contributed by atoms with E-state index < -0.39 is 35.3 Å². The third kappa shape index (κ3) is 4.07. The molecule has 0 aliphatic carbocycles. The summed E-state index contributed by atoms with van der Waals surface area (Å²) < 4.78 is 38.9. The molecule has 1 amide bonds. The second-order valence-electron chi connectivity index (χ2n) is 4.83. The largest absolute Gasteiger partial charge is 0.416 e. The zero-order chi connectivity index (χ0) is 16.9. The maximum Gasteiger partial charge on any atom is 0.416 e. The van der Waals surface area contributed by atoms with E-state index in [0.717, 1.165) is 6.07 Å². The van der Waals surface area contributed by atoms with Gasteiger partial charge >= 0.3 is 6.18 Å². The first-order valence-electron chi connectivity index (χ1n) is 6.52. The Kier molecular flexibility index (Phi) is 5.69. The molecule has 1 rings (SSSR count). The quantitative estimate of drug-likeness (QED) is 0.850. The van der Waals surface area contributed by atoms with E-state index in [9.17, 15) is 22.8 Å². The van der Waals surface area contributed by atoms with Crippen molar-refractivity contribution >= 4 is 11.7 Å². The van der Waals surface area contributed by atoms with Gasteiger partial charge < -0.3 is 5.32 Å². The molecule has 2 unspecified atom stereocenters. The highest BCUT2D eigenvalue weighted by Gasteiger charge is 2.35. The van der Waals surface area contributed by atoms with E-state index in [0.29, 0.717) is 0 Å². The zero-order valence-electron chi connectivity index (χ0n) is 12.1. The molecule has 0 radical (unpaired) electrons. The highest BCUT2D eigenvalue weighted by Crippen LogP contribution is 2.36. The normalized spacial score (nSPS) is 13.8. The van der Waals surface area contributed by atoms with Crippen LogP contribution in [0.4, 0.5) is 13.2 Å². The maximum atomic E-state index is 13.0. The first-order valence-corrected chi connectivity index (χ1v) is 6.52. The number of Topliss-reactive ketones (excluding diaryl/α,β-unsaturated/α-hetero) is 1. The zero-order valence-corrected chi connectivity index (χ0v) is 12.1. The van der Waals surface area contributed by atoms with Gasteiger partial charge in [0.05, 0.1) is 11.6 Å². The van der Waals surface area contributed by atoms with Crippen LogP contribution in [0.5, 0.6) is 0 Å². The fourth-order valence-electron chi connectivity index (χ4n) is 2.14. The van der Waals surface area contributed by atoms with Crippen molar-refractivity contribution in [2.24, 2.45) is 5.92 Å². The molecule has 0 aliphatic rings. The molecule has 0 aliphatic heterocycles. The second kappa shape index (κ2) is 7.07. The lowest BCUT2D eigenvalue weighted by molar-refractivity contribution is -0.139. The Morgan fingerprint density at radius 2 is 1.91 bits per heavy atom. The molecule has 0 heterocycles. The number of nitrogens with one attached hydrogen (secondary N) is 1. The van der Waals surface area contributed by atoms with Gasteiger partial charge in [0, 0.05) is 13.5 Å². The summed E-state index contributed by atoms with van der Waals surface area (Å²) in [5.41, 5.74) is -0.847. The number of nitriles is 1. The number of hydrogen-bond donors (Lipinski definition) is 1. The molecule has 0 spiro atoms. The molecule has 1 aromatic rings. The summed E-state index contributed by atoms with van der Waals surface area (Å²) >= 11 is 0. The van der Waals surface area contributed by atoms with E-state index in [1.165, 1.54) is 32.2 Å². The molecule has 0 saturated carbocycles. The van der Waals surface area contributed by atoms with Crippen molar-refractivity contribution in [3.05, 3.63) is 35.4 Å². The van der Waals surface area contributed by atoms with Gasteiger partial charge in [0.25, 0.3) is 0 Å². The average Bonchev–Trinajstić information content (AvgIpc) is 2.46. The van der Waals surface area contributed by atoms with E-state index in [-0.39, 0.29) is 12.0 Å². The molecule has 7 heteroatoms. The summed E-state index contributed by atoms with van der Waals surface area (Å²) in [6, 6.07) is 6.52. The first kappa shape index (κ1) is 17.7. The summed E-state index contributed by atoms with van der Waals surface area (Å²) in [6.45, 7) is 1.46. The summed E-state index contributed by atoms with van der Waals surface area (Å²) in [7, 11) is 1.28. The average molecular weight is 312 g/mol. The molecule has 2 atom stereocenters. The summed E-state index contributed by atoms with van der Waals surface area (Å²) in [5.74, 6) is -3.73. The molecule has 22 heavy (non-hydrogen) atoms. The van der Waals surface area contributed by atoms with Gasteiger partial charge in [0.15, 0.2) is 11.7 Å². The molecule has 1 N–H and O–H groups in total. The number of nitrogens with zero attached hydrogens (tertiary/aromatic N) is 1. The predicted octanol–water partition coefficient (Wildman–Crippen LogP) is 2.65. The molecule has 1 aromatic carbocycles. The van der Waals surface area contributed by atoms with E-state index in [1.807, 2.05) is 0 Å². The van der Waals surface area contributed by atoms with Crippen LogP contribution < -0.4 is 5.32 Å². The highest BCUT2D eigenvalue weighted by atomic mass is 19.4. The first-order chi connectivity index (χ1) is 10.2. The van der Waals surface area contributed by atoms with Crippen LogP contribution in [0.15, 0.2) is 24.3 Å². The SMILES string of the molecule is CNC(=O)C(C#N)C(=O)CC(C)c1ccccc1C(F)(F)F. The summed E-state index contributed by atoms with van der Waals surface area (Å²) in [4.78, 5) is 23.3. The van der Waals surface area contributed by atoms with Crippen molar-refractivity contribution in [1.29, 1.82) is 5.26 Å². The van der Waals surface area contributed by atoms with Crippen LogP contribution in [0.1, 0.15) is 30.4 Å². The highest BCUT2D eigenvalue weighted by molar-refractivity contribution is 6.04. The van der Waals surface area contributed by atoms with Gasteiger partial charge in [0.2, 0.25) is 5.91 Å². The second-order valence-corrected chi connectivity index (χ2v) is 4.83. The number of alkyl halides is 3. The van der Waals surface area contributed by atoms with Crippen molar-refractivity contribution in [3.8, 4) is 6.07 Å². The van der Waals surface area contributed by atoms with Gasteiger partial charge in [-0.2, -0.15) is 18.4 Å². The van der Waals surface area contributed by atoms with Crippen LogP contribution in [0.3, 0.4) is 0 Å². The number of benzene rings is 1. The number of hydrogen-bond acceptors (Lipinski definition) is 3. The van der Waals surface area contributed by atoms with Crippen LogP contribution in [0, 0.1) is 17.2 Å². The van der Waals surface area contributed by atoms with Crippen molar-refractivity contribution in [3.63, 3.8) is 0 Å². The minimum absolute atomic E-state index is 0.0306. The fraction of sp³-hybridized carbons (Fsp3) is 0.400. The monoisotopic (exact) mass is 312 g/mol. The van der Waals surface area contributed by atoms with Crippen LogP contribution in [0.25, 0.3) is 0 Å². The van der Waals surface area contributed by atoms with Crippen molar-refractivity contribution < 1.29 is 22.8 Å². The van der Waals surface area contributed by atoms with E-state index >= 15 is 0 Å². The Balaban J connectivity index is 3.00. The standard InChI is InChI=1S/C15H15F3N2O2/c1-9(7-13(21)11(8-19)14(22)20-2)10-5-3-4-6-12(10)15(16,17)18/h3-6,9,11H,7H2,1-2H3,(H,20,22). The van der Waals surface area contributed by atoms with Gasteiger partial charge in [-0.05, 0) is 17.5 Å². The number of carbonyl (C=O) groups is 2.